The first kappa shape index (κ1) is 33.3. The molecule has 6 unspecified atom stereocenters. The van der Waals surface area contributed by atoms with Crippen molar-refractivity contribution in [3.8, 4) is 0 Å². The van der Waals surface area contributed by atoms with Crippen LogP contribution in [0.15, 0.2) is 12.2 Å². The molecule has 3 aliphatic heterocycles. The second-order valence-corrected chi connectivity index (χ2v) is 12.6. The third-order valence-electron chi connectivity index (χ3n) is 8.21. The van der Waals surface area contributed by atoms with Crippen LogP contribution in [0.25, 0.3) is 0 Å². The molecular formula is C28H51N3O9. The van der Waals surface area contributed by atoms with Gasteiger partial charge in [-0.2, -0.15) is 0 Å². The van der Waals surface area contributed by atoms with E-state index in [0.29, 0.717) is 19.5 Å². The summed E-state index contributed by atoms with van der Waals surface area (Å²) in [6.45, 7) is 10.0. The number of amides is 1. The molecule has 12 nitrogen and oxygen atoms in total. The molecule has 40 heavy (non-hydrogen) atoms. The lowest BCUT2D eigenvalue weighted by Crippen LogP contribution is -2.62. The fourth-order valence-electron chi connectivity index (χ4n) is 5.62. The van der Waals surface area contributed by atoms with E-state index in [1.54, 1.807) is 17.9 Å². The molecule has 0 aromatic heterocycles. The van der Waals surface area contributed by atoms with Crippen molar-refractivity contribution in [3.05, 3.63) is 12.2 Å². The quantitative estimate of drug-likeness (QED) is 0.161. The number of likely N-dealkylation sites (tertiary alicyclic amines) is 1. The number of aliphatic hydroxyl groups is 5. The molecule has 12 heteroatoms. The number of aliphatic hydroxyl groups excluding tert-OH is 4. The minimum Gasteiger partial charge on any atom is -0.393 e. The van der Waals surface area contributed by atoms with Crippen LogP contribution in [0, 0.1) is 17.8 Å². The highest BCUT2D eigenvalue weighted by molar-refractivity contribution is 5.80. The molecule has 0 aromatic rings. The molecular weight excluding hydrogens is 522 g/mol. The average molecular weight is 574 g/mol. The zero-order valence-corrected chi connectivity index (χ0v) is 24.4. The summed E-state index contributed by atoms with van der Waals surface area (Å²) in [7, 11) is 0. The number of hydrogen-bond acceptors (Lipinski definition) is 11. The second kappa shape index (κ2) is 13.9. The molecule has 0 aromatic carbocycles. The molecule has 3 saturated heterocycles. The van der Waals surface area contributed by atoms with Crippen LogP contribution in [0.2, 0.25) is 0 Å². The molecule has 232 valence electrons. The van der Waals surface area contributed by atoms with E-state index in [-0.39, 0.29) is 43.0 Å². The Morgan fingerprint density at radius 1 is 1.15 bits per heavy atom. The van der Waals surface area contributed by atoms with Crippen molar-refractivity contribution in [1.29, 1.82) is 0 Å². The van der Waals surface area contributed by atoms with Gasteiger partial charge in [-0.3, -0.25) is 4.79 Å². The van der Waals surface area contributed by atoms with Crippen LogP contribution in [0.1, 0.15) is 60.3 Å². The molecule has 3 rings (SSSR count). The summed E-state index contributed by atoms with van der Waals surface area (Å²) in [4.78, 5) is 15.3. The highest BCUT2D eigenvalue weighted by atomic mass is 16.7. The number of carbonyl (C=O) groups excluding carboxylic acids is 1. The molecule has 3 heterocycles. The Morgan fingerprint density at radius 2 is 1.82 bits per heavy atom. The van der Waals surface area contributed by atoms with Gasteiger partial charge in [-0.05, 0) is 25.2 Å². The van der Waals surface area contributed by atoms with Crippen LogP contribution in [0.3, 0.4) is 0 Å². The summed E-state index contributed by atoms with van der Waals surface area (Å²) in [6.07, 6.45) is -4.24. The molecule has 3 fully saturated rings. The zero-order chi connectivity index (χ0) is 29.9. The Bertz CT molecular complexity index is 861. The summed E-state index contributed by atoms with van der Waals surface area (Å²) in [5, 5.41) is 54.0. The van der Waals surface area contributed by atoms with Gasteiger partial charge in [0.05, 0.1) is 48.6 Å². The summed E-state index contributed by atoms with van der Waals surface area (Å²) in [5.74, 6) is -3.23. The molecule has 0 bridgehead atoms. The Balaban J connectivity index is 1.90. The van der Waals surface area contributed by atoms with E-state index in [9.17, 15) is 30.3 Å². The van der Waals surface area contributed by atoms with Crippen LogP contribution in [-0.2, 0) is 19.0 Å². The first-order valence-corrected chi connectivity index (χ1v) is 14.5. The first-order chi connectivity index (χ1) is 18.6. The molecule has 9 N–H and O–H groups in total. The van der Waals surface area contributed by atoms with Crippen molar-refractivity contribution >= 4 is 5.91 Å². The topological polar surface area (TPSA) is 201 Å². The molecule has 1 amide bonds. The number of allylic oxidation sites excluding steroid dienone is 1. The van der Waals surface area contributed by atoms with Crippen LogP contribution in [0.5, 0.6) is 0 Å². The van der Waals surface area contributed by atoms with Gasteiger partial charge in [0.2, 0.25) is 5.91 Å². The van der Waals surface area contributed by atoms with E-state index in [0.717, 1.165) is 0 Å². The Hall–Kier alpha value is -1.19. The Kier molecular flexibility index (Phi) is 11.5. The number of nitrogens with two attached hydrogens (primary N) is 2. The lowest BCUT2D eigenvalue weighted by molar-refractivity contribution is -0.308. The highest BCUT2D eigenvalue weighted by Crippen LogP contribution is 2.39. The van der Waals surface area contributed by atoms with Crippen LogP contribution in [-0.4, -0.2) is 116 Å². The van der Waals surface area contributed by atoms with Gasteiger partial charge in [0, 0.05) is 38.4 Å². The van der Waals surface area contributed by atoms with Crippen molar-refractivity contribution < 1.29 is 44.5 Å². The van der Waals surface area contributed by atoms with E-state index in [2.05, 4.69) is 0 Å². The van der Waals surface area contributed by atoms with Crippen LogP contribution in [0.4, 0.5) is 0 Å². The van der Waals surface area contributed by atoms with Crippen LogP contribution < -0.4 is 11.5 Å². The number of hydrogen-bond donors (Lipinski definition) is 7. The summed E-state index contributed by atoms with van der Waals surface area (Å²) < 4.78 is 18.0. The monoisotopic (exact) mass is 573 g/mol. The summed E-state index contributed by atoms with van der Waals surface area (Å²) in [5.41, 5.74) is 12.0. The summed E-state index contributed by atoms with van der Waals surface area (Å²) in [6, 6.07) is -1.15. The maximum absolute atomic E-state index is 13.7. The minimum absolute atomic E-state index is 0.0232. The molecule has 0 radical (unpaired) electrons. The smallest absolute Gasteiger partial charge is 0.231 e. The van der Waals surface area contributed by atoms with E-state index < -0.39 is 66.8 Å². The van der Waals surface area contributed by atoms with Gasteiger partial charge in [0.25, 0.3) is 0 Å². The van der Waals surface area contributed by atoms with Gasteiger partial charge in [0.15, 0.2) is 12.1 Å². The number of nitrogens with zero attached hydrogens (tertiary/aromatic N) is 1. The molecule has 0 spiro atoms. The zero-order valence-electron chi connectivity index (χ0n) is 24.4. The molecule has 0 saturated carbocycles. The van der Waals surface area contributed by atoms with E-state index in [4.69, 9.17) is 25.7 Å². The minimum atomic E-state index is -1.87. The maximum Gasteiger partial charge on any atom is 0.231 e. The van der Waals surface area contributed by atoms with Gasteiger partial charge >= 0.3 is 0 Å². The fraction of sp³-hybridized carbons (Fsp3) is 0.893. The first-order valence-electron chi connectivity index (χ1n) is 14.5. The van der Waals surface area contributed by atoms with Crippen molar-refractivity contribution in [1.82, 2.24) is 4.90 Å². The normalized spacial score (nSPS) is 40.8. The van der Waals surface area contributed by atoms with Gasteiger partial charge in [-0.1, -0.05) is 39.8 Å². The molecule has 3 aliphatic rings. The number of rotatable bonds is 10. The van der Waals surface area contributed by atoms with Crippen LogP contribution >= 0.6 is 0 Å². The second-order valence-electron chi connectivity index (χ2n) is 12.6. The van der Waals surface area contributed by atoms with Crippen molar-refractivity contribution in [3.63, 3.8) is 0 Å². The van der Waals surface area contributed by atoms with Gasteiger partial charge in [-0.15, -0.1) is 0 Å². The van der Waals surface area contributed by atoms with E-state index in [1.807, 2.05) is 33.8 Å². The number of ether oxygens (including phenoxy) is 3. The van der Waals surface area contributed by atoms with Crippen molar-refractivity contribution in [2.45, 2.75) is 127 Å². The third kappa shape index (κ3) is 8.21. The van der Waals surface area contributed by atoms with E-state index >= 15 is 0 Å². The molecule has 0 aliphatic carbocycles. The SMILES string of the molecule is CC(C)/C=C/[C@@H](CC1O[C@](O)(C[C@@H](O)C(C)C)C[C@H](O)[C@H]1C(=O)N1CC[C@H](N)C1)OC1OC(C)C(O)C(N)C1O. The lowest BCUT2D eigenvalue weighted by atomic mass is 9.81. The van der Waals surface area contributed by atoms with Gasteiger partial charge in [-0.25, -0.2) is 0 Å². The fourth-order valence-corrected chi connectivity index (χ4v) is 5.62. The van der Waals surface area contributed by atoms with Gasteiger partial charge < -0.3 is 56.1 Å². The Labute approximate surface area is 237 Å². The average Bonchev–Trinajstić information content (AvgIpc) is 3.29. The lowest BCUT2D eigenvalue weighted by Gasteiger charge is -2.46. The maximum atomic E-state index is 13.7. The predicted octanol–water partition coefficient (Wildman–Crippen LogP) is -0.811. The largest absolute Gasteiger partial charge is 0.393 e. The highest BCUT2D eigenvalue weighted by Gasteiger charge is 2.52. The van der Waals surface area contributed by atoms with E-state index in [1.165, 1.54) is 0 Å². The Morgan fingerprint density at radius 3 is 2.40 bits per heavy atom. The number of carbonyl (C=O) groups is 1. The summed E-state index contributed by atoms with van der Waals surface area (Å²) >= 11 is 0. The standard InChI is InChI=1S/C28H51N3O9/c1-14(2)6-7-18(39-27-25(35)23(30)24(34)16(5)38-27)10-21-22(26(36)31-9-8-17(29)13-31)20(33)12-28(37,40-21)11-19(32)15(3)4/h6-7,14-25,27,32-35,37H,8-13,29-30H2,1-5H3/b7-6+/t16?,17-,18-,19+,20-,21?,22+,23?,24?,25?,27?,28+/m0/s1. The van der Waals surface area contributed by atoms with Crippen molar-refractivity contribution in [2.24, 2.45) is 29.2 Å². The van der Waals surface area contributed by atoms with Gasteiger partial charge in [0.1, 0.15) is 6.10 Å². The third-order valence-corrected chi connectivity index (χ3v) is 8.21. The molecule has 12 atom stereocenters. The predicted molar refractivity (Wildman–Crippen MR) is 146 cm³/mol. The van der Waals surface area contributed by atoms with Crippen molar-refractivity contribution in [2.75, 3.05) is 13.1 Å².